The van der Waals surface area contributed by atoms with Crippen LogP contribution in [0.4, 0.5) is 5.69 Å². The van der Waals surface area contributed by atoms with Crippen LogP contribution in [0.15, 0.2) is 59.5 Å². The molecule has 1 fully saturated rings. The maximum absolute atomic E-state index is 12.4. The molecule has 2 aromatic rings. The topological polar surface area (TPSA) is 92.5 Å². The van der Waals surface area contributed by atoms with E-state index >= 15 is 0 Å². The van der Waals surface area contributed by atoms with Gasteiger partial charge in [0.2, 0.25) is 15.9 Å². The van der Waals surface area contributed by atoms with Gasteiger partial charge in [0, 0.05) is 31.2 Å². The second-order valence-electron chi connectivity index (χ2n) is 6.01. The normalized spacial score (nSPS) is 15.6. The fraction of sp³-hybridized carbons (Fsp3) is 0.278. The van der Waals surface area contributed by atoms with Crippen molar-refractivity contribution in [2.45, 2.75) is 23.8 Å². The van der Waals surface area contributed by atoms with E-state index in [0.717, 1.165) is 17.7 Å². The number of nitrogens with one attached hydrogen (secondary N) is 1. The van der Waals surface area contributed by atoms with E-state index in [1.165, 1.54) is 12.1 Å². The lowest BCUT2D eigenvalue weighted by molar-refractivity contribution is -0.117. The van der Waals surface area contributed by atoms with Crippen LogP contribution >= 0.6 is 12.4 Å². The summed E-state index contributed by atoms with van der Waals surface area (Å²) >= 11 is 0. The minimum absolute atomic E-state index is 0. The van der Waals surface area contributed by atoms with Gasteiger partial charge in [0.15, 0.2) is 0 Å². The monoisotopic (exact) mass is 395 g/mol. The summed E-state index contributed by atoms with van der Waals surface area (Å²) in [6, 6.07) is 15.3. The van der Waals surface area contributed by atoms with Gasteiger partial charge in [0.05, 0.1) is 4.90 Å². The number of benzene rings is 2. The molecule has 0 saturated carbocycles. The number of nitrogens with two attached hydrogens (primary N) is 1. The Morgan fingerprint density at radius 2 is 1.73 bits per heavy atom. The first-order valence-corrected chi connectivity index (χ1v) is 9.66. The fourth-order valence-electron chi connectivity index (χ4n) is 2.83. The van der Waals surface area contributed by atoms with Crippen LogP contribution < -0.4 is 15.4 Å². The van der Waals surface area contributed by atoms with Gasteiger partial charge in [-0.3, -0.25) is 4.79 Å². The van der Waals surface area contributed by atoms with Gasteiger partial charge in [-0.15, -0.1) is 12.4 Å². The number of carbonyl (C=O) groups is 1. The number of amides is 1. The van der Waals surface area contributed by atoms with Crippen molar-refractivity contribution in [1.82, 2.24) is 4.72 Å². The van der Waals surface area contributed by atoms with Crippen LogP contribution in [-0.2, 0) is 14.8 Å². The van der Waals surface area contributed by atoms with E-state index in [1.807, 2.05) is 30.3 Å². The van der Waals surface area contributed by atoms with Gasteiger partial charge in [-0.1, -0.05) is 30.3 Å². The molecule has 1 heterocycles. The van der Waals surface area contributed by atoms with Gasteiger partial charge in [-0.2, -0.15) is 0 Å². The highest BCUT2D eigenvalue weighted by molar-refractivity contribution is 7.89. The number of sulfonamides is 1. The smallest absolute Gasteiger partial charge is 0.240 e. The predicted molar refractivity (Wildman–Crippen MR) is 104 cm³/mol. The van der Waals surface area contributed by atoms with Gasteiger partial charge in [0.1, 0.15) is 0 Å². The predicted octanol–water partition coefficient (Wildman–Crippen LogP) is 2.21. The number of rotatable bonds is 6. The molecule has 1 aliphatic heterocycles. The third-order valence-electron chi connectivity index (χ3n) is 4.25. The Hall–Kier alpha value is -1.93. The summed E-state index contributed by atoms with van der Waals surface area (Å²) in [5, 5.41) is 0. The highest BCUT2D eigenvalue weighted by Crippen LogP contribution is 2.23. The Balaban J connectivity index is 0.00000243. The van der Waals surface area contributed by atoms with Crippen molar-refractivity contribution in [1.29, 1.82) is 0 Å². The van der Waals surface area contributed by atoms with Gasteiger partial charge in [-0.25, -0.2) is 13.1 Å². The molecule has 0 aliphatic carbocycles. The molecule has 6 nitrogen and oxygen atoms in total. The molecule has 26 heavy (non-hydrogen) atoms. The molecule has 1 aliphatic rings. The molecule has 140 valence electrons. The molecular formula is C18H22ClN3O3S. The minimum Gasteiger partial charge on any atom is -0.323 e. The van der Waals surface area contributed by atoms with Gasteiger partial charge in [-0.05, 0) is 36.2 Å². The number of hydrogen-bond acceptors (Lipinski definition) is 4. The van der Waals surface area contributed by atoms with Crippen molar-refractivity contribution in [3.05, 3.63) is 60.2 Å². The average Bonchev–Trinajstić information content (AvgIpc) is 3.06. The SMILES string of the molecule is Cl.NC(CNS(=O)(=O)c1ccc(N2CCCC2=O)cc1)c1ccccc1. The zero-order valence-corrected chi connectivity index (χ0v) is 15.8. The third kappa shape index (κ3) is 4.62. The summed E-state index contributed by atoms with van der Waals surface area (Å²) in [5.41, 5.74) is 7.62. The van der Waals surface area contributed by atoms with E-state index in [9.17, 15) is 13.2 Å². The molecule has 3 N–H and O–H groups in total. The molecule has 0 bridgehead atoms. The van der Waals surface area contributed by atoms with Crippen LogP contribution in [0, 0.1) is 0 Å². The number of nitrogens with zero attached hydrogens (tertiary/aromatic N) is 1. The second-order valence-corrected chi connectivity index (χ2v) is 7.78. The Morgan fingerprint density at radius 3 is 2.31 bits per heavy atom. The Kier molecular flexibility index (Phi) is 6.77. The summed E-state index contributed by atoms with van der Waals surface area (Å²) in [5.74, 6) is 0.0718. The highest BCUT2D eigenvalue weighted by Gasteiger charge is 2.22. The second kappa shape index (κ2) is 8.64. The molecule has 1 amide bonds. The quantitative estimate of drug-likeness (QED) is 0.784. The maximum Gasteiger partial charge on any atom is 0.240 e. The number of hydrogen-bond donors (Lipinski definition) is 2. The number of carbonyl (C=O) groups excluding carboxylic acids is 1. The third-order valence-corrected chi connectivity index (χ3v) is 5.69. The highest BCUT2D eigenvalue weighted by atomic mass is 35.5. The van der Waals surface area contributed by atoms with Crippen molar-refractivity contribution in [2.75, 3.05) is 18.0 Å². The maximum atomic E-state index is 12.4. The summed E-state index contributed by atoms with van der Waals surface area (Å²) in [6.45, 7) is 0.786. The molecule has 1 atom stereocenters. The first kappa shape index (κ1) is 20.4. The van der Waals surface area contributed by atoms with E-state index < -0.39 is 16.1 Å². The molecule has 1 saturated heterocycles. The van der Waals surface area contributed by atoms with Crippen molar-refractivity contribution in [2.24, 2.45) is 5.73 Å². The largest absolute Gasteiger partial charge is 0.323 e. The van der Waals surface area contributed by atoms with Gasteiger partial charge < -0.3 is 10.6 Å². The molecule has 0 radical (unpaired) electrons. The molecule has 2 aromatic carbocycles. The summed E-state index contributed by atoms with van der Waals surface area (Å²) in [4.78, 5) is 13.6. The van der Waals surface area contributed by atoms with Crippen molar-refractivity contribution >= 4 is 34.0 Å². The Labute approximate surface area is 159 Å². The van der Waals surface area contributed by atoms with Crippen LogP contribution in [-0.4, -0.2) is 27.4 Å². The lowest BCUT2D eigenvalue weighted by Crippen LogP contribution is -2.32. The molecule has 0 aromatic heterocycles. The summed E-state index contributed by atoms with van der Waals surface area (Å²) < 4.78 is 27.4. The van der Waals surface area contributed by atoms with E-state index in [4.69, 9.17) is 5.73 Å². The number of anilines is 1. The summed E-state index contributed by atoms with van der Waals surface area (Å²) in [6.07, 6.45) is 1.37. The minimum atomic E-state index is -3.65. The van der Waals surface area contributed by atoms with Crippen LogP contribution in [0.5, 0.6) is 0 Å². The standard InChI is InChI=1S/C18H21N3O3S.ClH/c19-17(14-5-2-1-3-6-14)13-20-25(23,24)16-10-8-15(9-11-16)21-12-4-7-18(21)22;/h1-3,5-6,8-11,17,20H,4,7,12-13,19H2;1H. The van der Waals surface area contributed by atoms with Crippen LogP contribution in [0.3, 0.4) is 0 Å². The first-order valence-electron chi connectivity index (χ1n) is 8.18. The molecule has 1 unspecified atom stereocenters. The summed E-state index contributed by atoms with van der Waals surface area (Å²) in [7, 11) is -3.65. The van der Waals surface area contributed by atoms with Crippen LogP contribution in [0.25, 0.3) is 0 Å². The van der Waals surface area contributed by atoms with Crippen molar-refractivity contribution < 1.29 is 13.2 Å². The van der Waals surface area contributed by atoms with Crippen LogP contribution in [0.2, 0.25) is 0 Å². The lowest BCUT2D eigenvalue weighted by atomic mass is 10.1. The molecule has 3 rings (SSSR count). The first-order chi connectivity index (χ1) is 12.0. The average molecular weight is 396 g/mol. The van der Waals surface area contributed by atoms with Crippen LogP contribution in [0.1, 0.15) is 24.4 Å². The van der Waals surface area contributed by atoms with Crippen molar-refractivity contribution in [3.8, 4) is 0 Å². The van der Waals surface area contributed by atoms with Gasteiger partial charge >= 0.3 is 0 Å². The zero-order chi connectivity index (χ0) is 17.9. The van der Waals surface area contributed by atoms with E-state index in [0.29, 0.717) is 13.0 Å². The molecule has 0 spiro atoms. The van der Waals surface area contributed by atoms with E-state index in [2.05, 4.69) is 4.72 Å². The lowest BCUT2D eigenvalue weighted by Gasteiger charge is -2.16. The van der Waals surface area contributed by atoms with Crippen molar-refractivity contribution in [3.63, 3.8) is 0 Å². The zero-order valence-electron chi connectivity index (χ0n) is 14.2. The molecule has 8 heteroatoms. The fourth-order valence-corrected chi connectivity index (χ4v) is 3.89. The Bertz CT molecular complexity index is 842. The van der Waals surface area contributed by atoms with E-state index in [-0.39, 0.29) is 29.8 Å². The van der Waals surface area contributed by atoms with Gasteiger partial charge in [0.25, 0.3) is 0 Å². The molecular weight excluding hydrogens is 374 g/mol. The Morgan fingerprint density at radius 1 is 1.08 bits per heavy atom. The van der Waals surface area contributed by atoms with E-state index in [1.54, 1.807) is 17.0 Å². The number of halogens is 1.